The minimum atomic E-state index is -4.49. The van der Waals surface area contributed by atoms with Gasteiger partial charge >= 0.3 is 5.51 Å². The lowest BCUT2D eigenvalue weighted by Gasteiger charge is -2.40. The predicted octanol–water partition coefficient (Wildman–Crippen LogP) is 11.7. The Bertz CT molecular complexity index is 2260. The number of nitrogens with zero attached hydrogens (tertiary/aromatic N) is 1. The molecule has 0 aromatic heterocycles. The van der Waals surface area contributed by atoms with Crippen molar-refractivity contribution in [2.45, 2.75) is 66.4 Å². The van der Waals surface area contributed by atoms with Crippen molar-refractivity contribution < 1.29 is 32.1 Å². The Morgan fingerprint density at radius 2 is 1.44 bits per heavy atom. The van der Waals surface area contributed by atoms with Gasteiger partial charge in [-0.1, -0.05) is 86.7 Å². The summed E-state index contributed by atoms with van der Waals surface area (Å²) in [6.45, 7) is 3.03. The molecular formula is C46H44F3NO4S. The van der Waals surface area contributed by atoms with E-state index in [1.165, 1.54) is 24.7 Å². The first-order chi connectivity index (χ1) is 26.7. The van der Waals surface area contributed by atoms with Crippen LogP contribution in [0.5, 0.6) is 17.2 Å². The third kappa shape index (κ3) is 6.14. The fraction of sp³-hybridized carbons (Fsp3) is 0.348. The molecule has 2 aliphatic carbocycles. The molecule has 0 N–H and O–H groups in total. The fourth-order valence-electron chi connectivity index (χ4n) is 9.63. The lowest BCUT2D eigenvalue weighted by Crippen LogP contribution is -2.37. The average molecular weight is 764 g/mol. The molecule has 5 aromatic carbocycles. The number of hydrogen-bond acceptors (Lipinski definition) is 6. The smallest absolute Gasteiger partial charge is 0.446 e. The molecule has 1 saturated carbocycles. The Labute approximate surface area is 324 Å². The van der Waals surface area contributed by atoms with Gasteiger partial charge in [0.25, 0.3) is 0 Å². The number of rotatable bonds is 6. The van der Waals surface area contributed by atoms with E-state index < -0.39 is 11.1 Å². The molecule has 0 amide bonds. The summed E-state index contributed by atoms with van der Waals surface area (Å²) in [6.07, 6.45) is 12.0. The monoisotopic (exact) mass is 763 g/mol. The molecule has 55 heavy (non-hydrogen) atoms. The van der Waals surface area contributed by atoms with E-state index in [4.69, 9.17) is 18.9 Å². The van der Waals surface area contributed by atoms with E-state index >= 15 is 0 Å². The predicted molar refractivity (Wildman–Crippen MR) is 214 cm³/mol. The van der Waals surface area contributed by atoms with Crippen LogP contribution in [0.2, 0.25) is 0 Å². The van der Waals surface area contributed by atoms with Gasteiger partial charge in [0.1, 0.15) is 17.2 Å². The Balaban J connectivity index is 1.32. The number of thioether (sulfide) groups is 1. The molecule has 2 fully saturated rings. The quantitative estimate of drug-likeness (QED) is 0.160. The lowest BCUT2D eigenvalue weighted by atomic mass is 9.67. The summed E-state index contributed by atoms with van der Waals surface area (Å²) >= 11 is -0.129. The first kappa shape index (κ1) is 36.1. The number of morpholine rings is 1. The number of alkyl halides is 3. The number of fused-ring (bicyclic) bond motifs is 10. The molecule has 5 nitrogen and oxygen atoms in total. The minimum absolute atomic E-state index is 0.0345. The molecule has 1 unspecified atom stereocenters. The molecule has 5 aromatic rings. The first-order valence-electron chi connectivity index (χ1n) is 19.3. The lowest BCUT2D eigenvalue weighted by molar-refractivity contribution is -0.0328. The van der Waals surface area contributed by atoms with Crippen LogP contribution in [0.25, 0.3) is 28.0 Å². The number of methoxy groups -OCH3 is 2. The van der Waals surface area contributed by atoms with Gasteiger partial charge < -0.3 is 23.8 Å². The maximum Gasteiger partial charge on any atom is 0.446 e. The summed E-state index contributed by atoms with van der Waals surface area (Å²) in [5.41, 5.74) is 2.65. The second-order valence-electron chi connectivity index (χ2n) is 15.0. The van der Waals surface area contributed by atoms with Gasteiger partial charge in [-0.05, 0) is 94.7 Å². The Hall–Kier alpha value is -4.60. The molecule has 2 heterocycles. The average Bonchev–Trinajstić information content (AvgIpc) is 3.49. The highest BCUT2D eigenvalue weighted by molar-refractivity contribution is 8.00. The number of benzene rings is 5. The summed E-state index contributed by atoms with van der Waals surface area (Å²) < 4.78 is 66.9. The van der Waals surface area contributed by atoms with Crippen LogP contribution in [0.15, 0.2) is 95.9 Å². The molecule has 1 saturated heterocycles. The van der Waals surface area contributed by atoms with Crippen molar-refractivity contribution in [1.82, 2.24) is 0 Å². The van der Waals surface area contributed by atoms with E-state index in [-0.39, 0.29) is 27.8 Å². The summed E-state index contributed by atoms with van der Waals surface area (Å²) in [4.78, 5) is 2.36. The summed E-state index contributed by atoms with van der Waals surface area (Å²) in [5.74, 6) is 1.54. The Morgan fingerprint density at radius 3 is 2.11 bits per heavy atom. The highest BCUT2D eigenvalue weighted by atomic mass is 32.2. The third-order valence-corrected chi connectivity index (χ3v) is 12.9. The van der Waals surface area contributed by atoms with E-state index in [0.717, 1.165) is 102 Å². The molecule has 9 heteroatoms. The normalized spacial score (nSPS) is 20.3. The molecule has 284 valence electrons. The molecule has 2 aliphatic heterocycles. The van der Waals surface area contributed by atoms with Gasteiger partial charge in [-0.2, -0.15) is 13.2 Å². The zero-order chi connectivity index (χ0) is 37.8. The van der Waals surface area contributed by atoms with Crippen molar-refractivity contribution in [2.75, 3.05) is 45.4 Å². The van der Waals surface area contributed by atoms with Crippen LogP contribution in [0.4, 0.5) is 18.9 Å². The van der Waals surface area contributed by atoms with Crippen LogP contribution in [-0.4, -0.2) is 46.0 Å². The SMILES string of the molecule is COc1ccc(C2(c3ccc(N4CCOCC4)cc3)C=Cc3c4c(c5cc(SC(F)(F)F)c(OC)cc5c3O2)-c2ccccc2C42CCCCCCC2)cc1. The second-order valence-corrected chi connectivity index (χ2v) is 16.1. The molecule has 0 radical (unpaired) electrons. The third-order valence-electron chi connectivity index (χ3n) is 12.1. The van der Waals surface area contributed by atoms with E-state index in [1.54, 1.807) is 19.2 Å². The fourth-order valence-corrected chi connectivity index (χ4v) is 10.3. The van der Waals surface area contributed by atoms with E-state index in [0.29, 0.717) is 19.0 Å². The first-order valence-corrected chi connectivity index (χ1v) is 20.1. The molecule has 0 bridgehead atoms. The maximum atomic E-state index is 14.1. The zero-order valence-corrected chi connectivity index (χ0v) is 32.0. The van der Waals surface area contributed by atoms with Crippen LogP contribution in [-0.2, 0) is 15.8 Å². The van der Waals surface area contributed by atoms with Gasteiger partial charge in [0.15, 0.2) is 5.60 Å². The van der Waals surface area contributed by atoms with Crippen molar-refractivity contribution in [2.24, 2.45) is 0 Å². The highest BCUT2D eigenvalue weighted by Gasteiger charge is 2.48. The summed E-state index contributed by atoms with van der Waals surface area (Å²) in [7, 11) is 3.08. The van der Waals surface area contributed by atoms with Crippen molar-refractivity contribution in [1.29, 1.82) is 0 Å². The van der Waals surface area contributed by atoms with Crippen molar-refractivity contribution in [3.63, 3.8) is 0 Å². The van der Waals surface area contributed by atoms with Crippen LogP contribution in [0.3, 0.4) is 0 Å². The zero-order valence-electron chi connectivity index (χ0n) is 31.1. The van der Waals surface area contributed by atoms with Gasteiger partial charge in [-0.25, -0.2) is 0 Å². The molecule has 1 spiro atoms. The molecule has 9 rings (SSSR count). The number of hydrogen-bond donors (Lipinski definition) is 0. The molecule has 1 atom stereocenters. The van der Waals surface area contributed by atoms with Crippen molar-refractivity contribution in [3.8, 4) is 28.4 Å². The van der Waals surface area contributed by atoms with Crippen molar-refractivity contribution >= 4 is 34.3 Å². The van der Waals surface area contributed by atoms with Gasteiger partial charge in [0, 0.05) is 46.3 Å². The van der Waals surface area contributed by atoms with Crippen LogP contribution in [0, 0.1) is 0 Å². The van der Waals surface area contributed by atoms with E-state index in [1.807, 2.05) is 30.3 Å². The number of anilines is 1. The van der Waals surface area contributed by atoms with Gasteiger partial charge in [0.2, 0.25) is 0 Å². The van der Waals surface area contributed by atoms with Crippen LogP contribution >= 0.6 is 11.8 Å². The summed E-state index contributed by atoms with van der Waals surface area (Å²) in [5, 5.41) is 1.47. The van der Waals surface area contributed by atoms with Crippen molar-refractivity contribution in [3.05, 3.63) is 119 Å². The molecule has 4 aliphatic rings. The van der Waals surface area contributed by atoms with E-state index in [2.05, 4.69) is 59.5 Å². The topological polar surface area (TPSA) is 40.2 Å². The maximum absolute atomic E-state index is 14.1. The largest absolute Gasteiger partial charge is 0.497 e. The Kier molecular flexibility index (Phi) is 9.28. The van der Waals surface area contributed by atoms with Gasteiger partial charge in [0.05, 0.1) is 32.3 Å². The molecular weight excluding hydrogens is 720 g/mol. The highest BCUT2D eigenvalue weighted by Crippen LogP contribution is 2.62. The van der Waals surface area contributed by atoms with Crippen LogP contribution in [0.1, 0.15) is 72.8 Å². The van der Waals surface area contributed by atoms with Gasteiger partial charge in [-0.15, -0.1) is 0 Å². The summed E-state index contributed by atoms with van der Waals surface area (Å²) in [6, 6.07) is 28.5. The Morgan fingerprint density at radius 1 is 0.764 bits per heavy atom. The minimum Gasteiger partial charge on any atom is -0.497 e. The van der Waals surface area contributed by atoms with Crippen LogP contribution < -0.4 is 19.1 Å². The van der Waals surface area contributed by atoms with E-state index in [9.17, 15) is 13.2 Å². The standard InChI is InChI=1S/C46H44F3NO4S/c1-51-33-18-14-31(15-19-33)45(30-12-16-32(17-13-30)50-24-26-53-27-25-50)23-20-35-42-41(34-10-6-7-11-38(34)44(42)21-8-4-3-5-9-22-44)36-29-40(55-46(47,48)49)39(52-2)28-37(36)43(35)54-45/h6-7,10-20,23,28-29H,3-5,8-9,21-22,24-27H2,1-2H3. The second kappa shape index (κ2) is 14.2. The number of halogens is 3. The number of ether oxygens (including phenoxy) is 4. The van der Waals surface area contributed by atoms with Gasteiger partial charge in [-0.3, -0.25) is 0 Å².